The highest BCUT2D eigenvalue weighted by Gasteiger charge is 1.89. The summed E-state index contributed by atoms with van der Waals surface area (Å²) in [4.78, 5) is 10.5. The van der Waals surface area contributed by atoms with Gasteiger partial charge in [-0.1, -0.05) is 32.9 Å². The van der Waals surface area contributed by atoms with Crippen molar-refractivity contribution in [3.63, 3.8) is 0 Å². The van der Waals surface area contributed by atoms with Crippen molar-refractivity contribution in [1.82, 2.24) is 5.32 Å². The number of rotatable bonds is 10. The fourth-order valence-electron chi connectivity index (χ4n) is 0.879. The van der Waals surface area contributed by atoms with E-state index in [1.807, 2.05) is 26.0 Å². The Hall–Kier alpha value is -0.710. The monoisotopic (exact) mass is 247 g/mol. The average molecular weight is 247 g/mol. The SMILES string of the molecule is CC.CCNCCOC/C=C\COCC(C)=O.[HH]. The van der Waals surface area contributed by atoms with Gasteiger partial charge in [0.2, 0.25) is 0 Å². The molecule has 0 unspecified atom stereocenters. The third-order valence-corrected chi connectivity index (χ3v) is 1.57. The first kappa shape index (κ1) is 18.6. The van der Waals surface area contributed by atoms with Crippen LogP contribution in [-0.4, -0.2) is 45.3 Å². The van der Waals surface area contributed by atoms with Crippen LogP contribution in [0.15, 0.2) is 12.2 Å². The zero-order chi connectivity index (χ0) is 13.4. The largest absolute Gasteiger partial charge is 0.376 e. The van der Waals surface area contributed by atoms with Crippen molar-refractivity contribution in [2.24, 2.45) is 0 Å². The van der Waals surface area contributed by atoms with E-state index in [2.05, 4.69) is 12.2 Å². The molecule has 0 saturated heterocycles. The molecular weight excluding hydrogens is 218 g/mol. The lowest BCUT2D eigenvalue weighted by atomic mass is 10.5. The van der Waals surface area contributed by atoms with Crippen LogP contribution in [0.1, 0.15) is 29.1 Å². The van der Waals surface area contributed by atoms with Crippen LogP contribution in [0.5, 0.6) is 0 Å². The summed E-state index contributed by atoms with van der Waals surface area (Å²) in [5, 5.41) is 3.16. The smallest absolute Gasteiger partial charge is 0.155 e. The van der Waals surface area contributed by atoms with E-state index in [1.54, 1.807) is 0 Å². The standard InChI is InChI=1S/C11H21NO3.C2H6.H2/c1-3-12-6-9-14-7-4-5-8-15-10-11(2)13;1-2;/h4-5,12H,3,6-10H2,1-2H3;1-2H3;1H/b5-4-;;. The van der Waals surface area contributed by atoms with Crippen LogP contribution in [-0.2, 0) is 14.3 Å². The number of carbonyl (C=O) groups excluding carboxylic acids is 1. The lowest BCUT2D eigenvalue weighted by Gasteiger charge is -2.01. The molecule has 0 fully saturated rings. The van der Waals surface area contributed by atoms with E-state index in [1.165, 1.54) is 6.92 Å². The van der Waals surface area contributed by atoms with Crippen LogP contribution in [0.25, 0.3) is 0 Å². The Labute approximate surface area is 107 Å². The summed E-state index contributed by atoms with van der Waals surface area (Å²) in [5.74, 6) is 0.0466. The molecule has 0 bridgehead atoms. The molecule has 4 heteroatoms. The maximum Gasteiger partial charge on any atom is 0.155 e. The Balaban J connectivity index is -0.000000709. The fourth-order valence-corrected chi connectivity index (χ4v) is 0.879. The van der Waals surface area contributed by atoms with Gasteiger partial charge in [0.1, 0.15) is 6.61 Å². The lowest BCUT2D eigenvalue weighted by molar-refractivity contribution is -0.121. The second-order valence-corrected chi connectivity index (χ2v) is 3.12. The summed E-state index contributed by atoms with van der Waals surface area (Å²) in [7, 11) is 0. The molecule has 17 heavy (non-hydrogen) atoms. The number of nitrogens with one attached hydrogen (secondary N) is 1. The van der Waals surface area contributed by atoms with Crippen molar-refractivity contribution in [3.05, 3.63) is 12.2 Å². The normalized spacial score (nSPS) is 10.1. The molecule has 0 aromatic rings. The Morgan fingerprint density at radius 3 is 2.35 bits per heavy atom. The highest BCUT2D eigenvalue weighted by atomic mass is 16.5. The summed E-state index contributed by atoms with van der Waals surface area (Å²) >= 11 is 0. The van der Waals surface area contributed by atoms with Crippen LogP contribution in [0.4, 0.5) is 0 Å². The number of hydrogen-bond acceptors (Lipinski definition) is 4. The van der Waals surface area contributed by atoms with Gasteiger partial charge in [0, 0.05) is 7.97 Å². The summed E-state index contributed by atoms with van der Waals surface area (Å²) < 4.78 is 10.3. The van der Waals surface area contributed by atoms with Gasteiger partial charge in [-0.2, -0.15) is 0 Å². The summed E-state index contributed by atoms with van der Waals surface area (Å²) in [6.07, 6.45) is 3.75. The summed E-state index contributed by atoms with van der Waals surface area (Å²) in [6.45, 7) is 11.4. The Morgan fingerprint density at radius 2 is 1.82 bits per heavy atom. The fraction of sp³-hybridized carbons (Fsp3) is 0.769. The van der Waals surface area contributed by atoms with Gasteiger partial charge in [0.05, 0.1) is 19.8 Å². The van der Waals surface area contributed by atoms with Gasteiger partial charge in [-0.3, -0.25) is 4.79 Å². The molecule has 0 amide bonds. The molecule has 0 rings (SSSR count). The van der Waals surface area contributed by atoms with Gasteiger partial charge in [0.15, 0.2) is 5.78 Å². The molecule has 0 atom stereocenters. The third-order valence-electron chi connectivity index (χ3n) is 1.57. The number of ether oxygens (including phenoxy) is 2. The second kappa shape index (κ2) is 17.7. The van der Waals surface area contributed by atoms with Crippen LogP contribution in [0.2, 0.25) is 0 Å². The third kappa shape index (κ3) is 21.2. The molecule has 0 aromatic heterocycles. The molecule has 0 radical (unpaired) electrons. The average Bonchev–Trinajstić information content (AvgIpc) is 2.34. The van der Waals surface area contributed by atoms with Gasteiger partial charge >= 0.3 is 0 Å². The Bertz CT molecular complexity index is 187. The Morgan fingerprint density at radius 1 is 1.24 bits per heavy atom. The topological polar surface area (TPSA) is 47.6 Å². The predicted octanol–water partition coefficient (Wildman–Crippen LogP) is 2.05. The first-order chi connectivity index (χ1) is 8.27. The van der Waals surface area contributed by atoms with E-state index in [0.29, 0.717) is 19.8 Å². The van der Waals surface area contributed by atoms with Crippen LogP contribution < -0.4 is 5.32 Å². The van der Waals surface area contributed by atoms with Crippen molar-refractivity contribution in [2.75, 3.05) is 39.5 Å². The van der Waals surface area contributed by atoms with Gasteiger partial charge in [-0.15, -0.1) is 0 Å². The van der Waals surface area contributed by atoms with Crippen LogP contribution >= 0.6 is 0 Å². The van der Waals surface area contributed by atoms with Gasteiger partial charge in [0.25, 0.3) is 0 Å². The molecule has 0 aromatic carbocycles. The highest BCUT2D eigenvalue weighted by molar-refractivity contribution is 5.76. The number of carbonyl (C=O) groups is 1. The number of likely N-dealkylation sites (N-methyl/N-ethyl adjacent to an activating group) is 1. The van der Waals surface area contributed by atoms with E-state index in [9.17, 15) is 4.79 Å². The molecule has 0 aliphatic heterocycles. The minimum Gasteiger partial charge on any atom is -0.376 e. The van der Waals surface area contributed by atoms with E-state index in [4.69, 9.17) is 9.47 Å². The predicted molar refractivity (Wildman–Crippen MR) is 73.5 cm³/mol. The summed E-state index contributed by atoms with van der Waals surface area (Å²) in [5.41, 5.74) is 0. The molecular formula is C13H29NO3. The quantitative estimate of drug-likeness (QED) is 0.474. The molecule has 0 saturated carbocycles. The van der Waals surface area contributed by atoms with E-state index in [0.717, 1.165) is 13.1 Å². The van der Waals surface area contributed by atoms with E-state index in [-0.39, 0.29) is 13.8 Å². The second-order valence-electron chi connectivity index (χ2n) is 3.12. The van der Waals surface area contributed by atoms with Crippen molar-refractivity contribution >= 4 is 5.78 Å². The first-order valence-electron chi connectivity index (χ1n) is 6.28. The van der Waals surface area contributed by atoms with E-state index < -0.39 is 0 Å². The maximum atomic E-state index is 10.5. The lowest BCUT2D eigenvalue weighted by Crippen LogP contribution is -2.18. The molecule has 4 nitrogen and oxygen atoms in total. The van der Waals surface area contributed by atoms with E-state index >= 15 is 0 Å². The van der Waals surface area contributed by atoms with Gasteiger partial charge in [-0.25, -0.2) is 0 Å². The Kier molecular flexibility index (Phi) is 19.4. The van der Waals surface area contributed by atoms with Crippen molar-refractivity contribution in [3.8, 4) is 0 Å². The highest BCUT2D eigenvalue weighted by Crippen LogP contribution is 1.81. The number of ketones is 1. The molecule has 0 heterocycles. The molecule has 1 N–H and O–H groups in total. The maximum absolute atomic E-state index is 10.5. The summed E-state index contributed by atoms with van der Waals surface area (Å²) in [6, 6.07) is 0. The van der Waals surface area contributed by atoms with Crippen molar-refractivity contribution < 1.29 is 15.7 Å². The zero-order valence-corrected chi connectivity index (χ0v) is 11.6. The first-order valence-corrected chi connectivity index (χ1v) is 6.28. The van der Waals surface area contributed by atoms with Gasteiger partial charge in [-0.05, 0) is 13.5 Å². The van der Waals surface area contributed by atoms with Crippen LogP contribution in [0.3, 0.4) is 0 Å². The molecule has 104 valence electrons. The minimum atomic E-state index is 0. The van der Waals surface area contributed by atoms with Crippen LogP contribution in [0, 0.1) is 0 Å². The number of Topliss-reactive ketones (excluding diaryl/α,β-unsaturated/α-hetero) is 1. The zero-order valence-electron chi connectivity index (χ0n) is 11.6. The minimum absolute atomic E-state index is 0. The van der Waals surface area contributed by atoms with Gasteiger partial charge < -0.3 is 14.8 Å². The van der Waals surface area contributed by atoms with Crippen molar-refractivity contribution in [2.45, 2.75) is 27.7 Å². The van der Waals surface area contributed by atoms with Crippen molar-refractivity contribution in [1.29, 1.82) is 0 Å². The molecule has 0 spiro atoms. The number of hydrogen-bond donors (Lipinski definition) is 1. The molecule has 0 aliphatic carbocycles. The molecule has 0 aliphatic rings.